The van der Waals surface area contributed by atoms with Gasteiger partial charge in [0.1, 0.15) is 5.75 Å². The van der Waals surface area contributed by atoms with Crippen LogP contribution in [0.15, 0.2) is 0 Å². The molecule has 0 saturated carbocycles. The summed E-state index contributed by atoms with van der Waals surface area (Å²) < 4.78 is 22.9. The molecule has 0 radical (unpaired) electrons. The summed E-state index contributed by atoms with van der Waals surface area (Å²) in [7, 11) is -3.25. The summed E-state index contributed by atoms with van der Waals surface area (Å²) in [5.74, 6) is -0.597. The molecule has 0 aromatic carbocycles. The maximum Gasteiger partial charge on any atom is 0.237 e. The topological polar surface area (TPSA) is 80.5 Å². The first-order valence-electron chi connectivity index (χ1n) is 5.23. The molecule has 2 N–H and O–H groups in total. The van der Waals surface area contributed by atoms with Gasteiger partial charge in [-0.3, -0.25) is 4.79 Å². The van der Waals surface area contributed by atoms with Crippen LogP contribution in [0, 0.1) is 0 Å². The Labute approximate surface area is 90.5 Å². The summed E-state index contributed by atoms with van der Waals surface area (Å²) in [5.41, 5.74) is 5.23. The van der Waals surface area contributed by atoms with Gasteiger partial charge >= 0.3 is 0 Å². The van der Waals surface area contributed by atoms with E-state index in [2.05, 4.69) is 0 Å². The van der Waals surface area contributed by atoms with Crippen molar-refractivity contribution in [3.05, 3.63) is 0 Å². The molecule has 0 bridgehead atoms. The molecule has 88 valence electrons. The van der Waals surface area contributed by atoms with E-state index in [0.29, 0.717) is 26.1 Å². The van der Waals surface area contributed by atoms with Gasteiger partial charge < -0.3 is 10.6 Å². The second kappa shape index (κ2) is 5.46. The number of amides is 1. The quantitative estimate of drug-likeness (QED) is 0.687. The predicted molar refractivity (Wildman–Crippen MR) is 58.1 cm³/mol. The number of nitrogens with two attached hydrogens (primary N) is 1. The number of nitrogens with zero attached hydrogens (tertiary/aromatic N) is 1. The summed E-state index contributed by atoms with van der Waals surface area (Å²) in [6.45, 7) is 1.74. The van der Waals surface area contributed by atoms with Crippen molar-refractivity contribution in [2.75, 3.05) is 31.1 Å². The van der Waals surface area contributed by atoms with E-state index >= 15 is 0 Å². The molecule has 0 spiro atoms. The van der Waals surface area contributed by atoms with Crippen LogP contribution in [0.5, 0.6) is 0 Å². The zero-order valence-electron chi connectivity index (χ0n) is 8.81. The highest BCUT2D eigenvalue weighted by molar-refractivity contribution is 7.92. The lowest BCUT2D eigenvalue weighted by atomic mass is 10.4. The van der Waals surface area contributed by atoms with Crippen molar-refractivity contribution in [2.24, 2.45) is 5.73 Å². The molecule has 1 amide bonds. The molecule has 0 atom stereocenters. The van der Waals surface area contributed by atoms with E-state index in [1.54, 1.807) is 4.90 Å². The van der Waals surface area contributed by atoms with Gasteiger partial charge in [0, 0.05) is 13.1 Å². The molecule has 1 fully saturated rings. The van der Waals surface area contributed by atoms with Crippen molar-refractivity contribution in [3.8, 4) is 0 Å². The SMILES string of the molecule is NCCCS(=O)(=O)CC(=O)N1CCCC1. The molecule has 1 saturated heterocycles. The second-order valence-corrected chi connectivity index (χ2v) is 6.01. The summed E-state index contributed by atoms with van der Waals surface area (Å²) in [5, 5.41) is 0. The zero-order valence-corrected chi connectivity index (χ0v) is 9.63. The highest BCUT2D eigenvalue weighted by atomic mass is 32.2. The van der Waals surface area contributed by atoms with E-state index in [0.717, 1.165) is 12.8 Å². The standard InChI is InChI=1S/C9H18N2O3S/c10-4-3-7-15(13,14)8-9(12)11-5-1-2-6-11/h1-8,10H2. The molecule has 0 unspecified atom stereocenters. The lowest BCUT2D eigenvalue weighted by molar-refractivity contribution is -0.127. The maximum atomic E-state index is 11.5. The fourth-order valence-electron chi connectivity index (χ4n) is 1.62. The Kier molecular flexibility index (Phi) is 4.53. The van der Waals surface area contributed by atoms with Gasteiger partial charge in [-0.15, -0.1) is 0 Å². The van der Waals surface area contributed by atoms with Crippen molar-refractivity contribution in [2.45, 2.75) is 19.3 Å². The van der Waals surface area contributed by atoms with Gasteiger partial charge in [-0.2, -0.15) is 0 Å². The highest BCUT2D eigenvalue weighted by Crippen LogP contribution is 2.08. The molecule has 6 heteroatoms. The number of likely N-dealkylation sites (tertiary alicyclic amines) is 1. The van der Waals surface area contributed by atoms with Gasteiger partial charge in [0.15, 0.2) is 9.84 Å². The smallest absolute Gasteiger partial charge is 0.237 e. The van der Waals surface area contributed by atoms with Gasteiger partial charge in [-0.1, -0.05) is 0 Å². The molecule has 5 nitrogen and oxygen atoms in total. The van der Waals surface area contributed by atoms with Crippen LogP contribution in [0.25, 0.3) is 0 Å². The fraction of sp³-hybridized carbons (Fsp3) is 0.889. The van der Waals surface area contributed by atoms with E-state index in [1.165, 1.54) is 0 Å². The Hall–Kier alpha value is -0.620. The largest absolute Gasteiger partial charge is 0.342 e. The van der Waals surface area contributed by atoms with Crippen molar-refractivity contribution in [3.63, 3.8) is 0 Å². The Morgan fingerprint density at radius 2 is 1.87 bits per heavy atom. The van der Waals surface area contributed by atoms with Crippen molar-refractivity contribution in [1.82, 2.24) is 4.90 Å². The Morgan fingerprint density at radius 1 is 1.27 bits per heavy atom. The van der Waals surface area contributed by atoms with E-state index in [-0.39, 0.29) is 17.4 Å². The van der Waals surface area contributed by atoms with E-state index in [9.17, 15) is 13.2 Å². The lowest BCUT2D eigenvalue weighted by Gasteiger charge is -2.14. The van der Waals surface area contributed by atoms with Crippen molar-refractivity contribution in [1.29, 1.82) is 0 Å². The minimum atomic E-state index is -3.25. The molecular formula is C9H18N2O3S. The lowest BCUT2D eigenvalue weighted by Crippen LogP contribution is -2.34. The van der Waals surface area contributed by atoms with Gasteiger partial charge in [0.2, 0.25) is 5.91 Å². The predicted octanol–water partition coefficient (Wildman–Crippen LogP) is -0.628. The van der Waals surface area contributed by atoms with Crippen LogP contribution in [-0.4, -0.2) is 50.4 Å². The normalized spacial score (nSPS) is 17.0. The van der Waals surface area contributed by atoms with Crippen LogP contribution < -0.4 is 5.73 Å². The Bertz CT molecular complexity index is 307. The zero-order chi connectivity index (χ0) is 11.3. The van der Waals surface area contributed by atoms with Crippen molar-refractivity contribution >= 4 is 15.7 Å². The third-order valence-electron chi connectivity index (χ3n) is 2.46. The fourth-order valence-corrected chi connectivity index (χ4v) is 2.93. The van der Waals surface area contributed by atoms with Crippen LogP contribution in [-0.2, 0) is 14.6 Å². The number of sulfone groups is 1. The van der Waals surface area contributed by atoms with Gasteiger partial charge in [0.05, 0.1) is 5.75 Å². The van der Waals surface area contributed by atoms with Gasteiger partial charge in [-0.05, 0) is 25.8 Å². The highest BCUT2D eigenvalue weighted by Gasteiger charge is 2.23. The molecule has 0 aromatic rings. The minimum absolute atomic E-state index is 0.0169. The van der Waals surface area contributed by atoms with E-state index in [1.807, 2.05) is 0 Å². The molecule has 0 aromatic heterocycles. The molecular weight excluding hydrogens is 216 g/mol. The second-order valence-electron chi connectivity index (χ2n) is 3.82. The average molecular weight is 234 g/mol. The number of carbonyl (C=O) groups is 1. The van der Waals surface area contributed by atoms with Crippen molar-refractivity contribution < 1.29 is 13.2 Å². The third-order valence-corrected chi connectivity index (χ3v) is 4.06. The molecule has 15 heavy (non-hydrogen) atoms. The number of rotatable bonds is 5. The molecule has 1 aliphatic rings. The summed E-state index contributed by atoms with van der Waals surface area (Å²) in [6.07, 6.45) is 2.39. The molecule has 1 aliphatic heterocycles. The number of carbonyl (C=O) groups excluding carboxylic acids is 1. The van der Waals surface area contributed by atoms with Gasteiger partial charge in [-0.25, -0.2) is 8.42 Å². The third kappa shape index (κ3) is 4.17. The number of hydrogen-bond donors (Lipinski definition) is 1. The summed E-state index contributed by atoms with van der Waals surface area (Å²) >= 11 is 0. The van der Waals surface area contributed by atoms with E-state index in [4.69, 9.17) is 5.73 Å². The van der Waals surface area contributed by atoms with E-state index < -0.39 is 9.84 Å². The number of hydrogen-bond acceptors (Lipinski definition) is 4. The Morgan fingerprint density at radius 3 is 2.40 bits per heavy atom. The summed E-state index contributed by atoms with van der Waals surface area (Å²) in [6, 6.07) is 0. The first-order chi connectivity index (χ1) is 7.05. The monoisotopic (exact) mass is 234 g/mol. The first-order valence-corrected chi connectivity index (χ1v) is 7.05. The molecule has 1 rings (SSSR count). The minimum Gasteiger partial charge on any atom is -0.342 e. The summed E-state index contributed by atoms with van der Waals surface area (Å²) in [4.78, 5) is 13.2. The van der Waals surface area contributed by atoms with Crippen LogP contribution in [0.1, 0.15) is 19.3 Å². The first kappa shape index (κ1) is 12.4. The Balaban J connectivity index is 2.42. The van der Waals surface area contributed by atoms with Gasteiger partial charge in [0.25, 0.3) is 0 Å². The van der Waals surface area contributed by atoms with Crippen LogP contribution in [0.3, 0.4) is 0 Å². The maximum absolute atomic E-state index is 11.5. The molecule has 0 aliphatic carbocycles. The van der Waals surface area contributed by atoms with Crippen LogP contribution in [0.2, 0.25) is 0 Å². The van der Waals surface area contributed by atoms with Crippen LogP contribution in [0.4, 0.5) is 0 Å². The average Bonchev–Trinajstić information content (AvgIpc) is 2.67. The molecule has 1 heterocycles. The van der Waals surface area contributed by atoms with Crippen LogP contribution >= 0.6 is 0 Å².